The van der Waals surface area contributed by atoms with Crippen LogP contribution in [-0.2, 0) is 28.5 Å². The van der Waals surface area contributed by atoms with Crippen molar-refractivity contribution < 1.29 is 77.1 Å². The van der Waals surface area contributed by atoms with Gasteiger partial charge in [-0.3, -0.25) is 38.6 Å². The lowest BCUT2D eigenvalue weighted by molar-refractivity contribution is -0.144. The molecule has 0 saturated carbocycles. The number of benzene rings is 10. The number of ether oxygens (including phenoxy) is 4. The Kier molecular flexibility index (Phi) is 14.4. The van der Waals surface area contributed by atoms with Crippen molar-refractivity contribution in [2.24, 2.45) is 0 Å². The topological polar surface area (TPSA) is 255 Å². The number of nitrogens with zero attached hydrogens (tertiary/aromatic N) is 2. The number of carbonyl (C=O) groups excluding carboxylic acids is 10. The van der Waals surface area contributed by atoms with E-state index in [2.05, 4.69) is 0 Å². The Morgan fingerprint density at radius 2 is 0.721 bits per heavy atom. The van der Waals surface area contributed by atoms with Crippen LogP contribution < -0.4 is 0 Å². The molecule has 0 radical (unpaired) electrons. The fourth-order valence-corrected chi connectivity index (χ4v) is 13.1. The summed E-state index contributed by atoms with van der Waals surface area (Å²) in [5, 5.41) is 30.1. The van der Waals surface area contributed by atoms with E-state index in [-0.39, 0.29) is 68.5 Å². The van der Waals surface area contributed by atoms with Gasteiger partial charge in [0.15, 0.2) is 0 Å². The maximum absolute atomic E-state index is 13.6. The fraction of sp³-hybridized carbons (Fsp3) is 0.265. The lowest BCUT2D eigenvalue weighted by Gasteiger charge is -2.28. The predicted octanol–water partition coefficient (Wildman–Crippen LogP) is 11.0. The SMILES string of the molecule is O=C(CCCCCO)OCCCCN1C(=O)c2ccc3c4ccc5c6c(ccc(c7ccc(c2c37)C1=O)c64)C(=O)OC5=O.O=C1CCCCCO1.O=C1OC(=O)c2ccc3c4ccc5c6c(ccc(c7ccc1c2c73)c64)C(=O)N(CCCCO)C5=O. The minimum Gasteiger partial charge on any atom is -0.466 e. The molecule has 86 heavy (non-hydrogen) atoms. The molecule has 5 heterocycles. The Morgan fingerprint density at radius 3 is 1.09 bits per heavy atom. The summed E-state index contributed by atoms with van der Waals surface area (Å²) in [6.07, 6.45) is 8.28. The van der Waals surface area contributed by atoms with Gasteiger partial charge in [-0.05, 0) is 171 Å². The summed E-state index contributed by atoms with van der Waals surface area (Å²) in [6.45, 7) is 1.42. The molecule has 5 aliphatic heterocycles. The molecule has 10 aromatic rings. The summed E-state index contributed by atoms with van der Waals surface area (Å²) in [5.74, 6) is -4.42. The number of imide groups is 2. The van der Waals surface area contributed by atoms with E-state index in [1.54, 1.807) is 48.5 Å². The lowest BCUT2D eigenvalue weighted by atomic mass is 9.83. The number of cyclic esters (lactones) is 5. The summed E-state index contributed by atoms with van der Waals surface area (Å²) in [4.78, 5) is 129. The molecule has 5 aliphatic rings. The highest BCUT2D eigenvalue weighted by molar-refractivity contribution is 6.42. The monoisotopic (exact) mass is 1150 g/mol. The second kappa shape index (κ2) is 22.3. The molecule has 10 aromatic carbocycles. The number of esters is 6. The molecule has 0 aromatic heterocycles. The highest BCUT2D eigenvalue weighted by atomic mass is 16.6. The molecule has 0 unspecified atom stereocenters. The zero-order valence-electron chi connectivity index (χ0n) is 46.5. The first-order valence-electron chi connectivity index (χ1n) is 29.0. The van der Waals surface area contributed by atoms with E-state index >= 15 is 0 Å². The second-order valence-electron chi connectivity index (χ2n) is 22.1. The van der Waals surface area contributed by atoms with Gasteiger partial charge in [0.25, 0.3) is 23.6 Å². The van der Waals surface area contributed by atoms with E-state index in [1.165, 1.54) is 9.80 Å². The molecule has 0 spiro atoms. The average Bonchev–Trinajstić information content (AvgIpc) is 0.722. The Labute approximate surface area is 488 Å². The minimum absolute atomic E-state index is 0.00676. The number of amides is 4. The second-order valence-corrected chi connectivity index (χ2v) is 22.1. The normalized spacial score (nSPS) is 15.5. The van der Waals surface area contributed by atoms with E-state index in [0.29, 0.717) is 124 Å². The van der Waals surface area contributed by atoms with E-state index in [1.807, 2.05) is 48.5 Å². The third-order valence-electron chi connectivity index (χ3n) is 17.1. The van der Waals surface area contributed by atoms with Crippen molar-refractivity contribution in [3.63, 3.8) is 0 Å². The van der Waals surface area contributed by atoms with Crippen LogP contribution in [0.5, 0.6) is 0 Å². The molecule has 2 N–H and O–H groups in total. The van der Waals surface area contributed by atoms with Crippen LogP contribution in [0.25, 0.3) is 86.2 Å². The van der Waals surface area contributed by atoms with Crippen molar-refractivity contribution in [2.45, 2.75) is 77.0 Å². The molecular formula is C68H54N2O16. The molecule has 0 aliphatic carbocycles. The molecular weight excluding hydrogens is 1100 g/mol. The van der Waals surface area contributed by atoms with Gasteiger partial charge in [-0.2, -0.15) is 0 Å². The third-order valence-corrected chi connectivity index (χ3v) is 17.1. The van der Waals surface area contributed by atoms with E-state index in [9.17, 15) is 47.9 Å². The van der Waals surface area contributed by atoms with Gasteiger partial charge in [-0.25, -0.2) is 19.2 Å². The lowest BCUT2D eigenvalue weighted by Crippen LogP contribution is -2.41. The van der Waals surface area contributed by atoms with Gasteiger partial charge in [0.05, 0.1) is 35.5 Å². The largest absolute Gasteiger partial charge is 0.466 e. The Bertz CT molecular complexity index is 4390. The third kappa shape index (κ3) is 9.00. The number of rotatable bonds is 14. The van der Waals surface area contributed by atoms with Crippen LogP contribution in [0.15, 0.2) is 97.1 Å². The summed E-state index contributed by atoms with van der Waals surface area (Å²) in [7, 11) is 0. The van der Waals surface area contributed by atoms with Crippen LogP contribution >= 0.6 is 0 Å². The fourth-order valence-electron chi connectivity index (χ4n) is 13.1. The number of hydrogen-bond donors (Lipinski definition) is 2. The van der Waals surface area contributed by atoms with Crippen molar-refractivity contribution in [1.29, 1.82) is 0 Å². The van der Waals surface area contributed by atoms with Crippen LogP contribution in [0, 0.1) is 0 Å². The molecule has 4 amide bonds. The Morgan fingerprint density at radius 1 is 0.384 bits per heavy atom. The molecule has 18 nitrogen and oxygen atoms in total. The average molecular weight is 1160 g/mol. The molecule has 0 atom stereocenters. The smallest absolute Gasteiger partial charge is 0.346 e. The highest BCUT2D eigenvalue weighted by Crippen LogP contribution is 2.48. The molecule has 432 valence electrons. The van der Waals surface area contributed by atoms with Crippen LogP contribution in [0.4, 0.5) is 0 Å². The number of carbonyl (C=O) groups is 10. The van der Waals surface area contributed by atoms with Gasteiger partial charge >= 0.3 is 35.8 Å². The van der Waals surface area contributed by atoms with Gasteiger partial charge in [0, 0.05) is 82.9 Å². The van der Waals surface area contributed by atoms with E-state index in [0.717, 1.165) is 90.3 Å². The van der Waals surface area contributed by atoms with Crippen molar-refractivity contribution in [2.75, 3.05) is 39.5 Å². The highest BCUT2D eigenvalue weighted by Gasteiger charge is 2.38. The Balaban J connectivity index is 0.000000143. The number of fused-ring (bicyclic) bond motifs is 4. The zero-order valence-corrected chi connectivity index (χ0v) is 46.5. The number of hydrogen-bond acceptors (Lipinski definition) is 16. The molecule has 15 rings (SSSR count). The summed E-state index contributed by atoms with van der Waals surface area (Å²) in [5.41, 5.74) is 3.18. The maximum Gasteiger partial charge on any atom is 0.346 e. The quantitative estimate of drug-likeness (QED) is 0.0195. The maximum atomic E-state index is 13.6. The number of aliphatic hydroxyl groups is 2. The standard InChI is InChI=1S/C34H27NO8.C28H17NO6.C6H10O2/c36-16-4-1-2-6-26(37)42-17-5-3-15-35-31(38)22-11-7-18-20-9-13-24-30-25(34(41)43-33(24)40)14-10-21(28(20)30)19-8-12-23(32(35)39)29(22)27(18)19;30-12-2-1-11-29-25(31)17-7-3-13-15-5-9-19-24-20(28(34)35-27(19)33)10-6-16(22(15)24)14-4-8-18(26(29)32)23(17)21(13)14;7-6-4-2-1-3-5-8-6/h7-14,36H,1-6,15-17H2;3-10,30H,1-2,11-12H2;1-5H2. The zero-order chi connectivity index (χ0) is 59.7. The van der Waals surface area contributed by atoms with Crippen LogP contribution in [0.1, 0.15) is 160 Å². The van der Waals surface area contributed by atoms with Crippen LogP contribution in [-0.4, -0.2) is 119 Å². The van der Waals surface area contributed by atoms with Crippen LogP contribution in [0.3, 0.4) is 0 Å². The first kappa shape index (κ1) is 55.4. The molecule has 1 fully saturated rings. The molecule has 1 saturated heterocycles. The Hall–Kier alpha value is -9.78. The van der Waals surface area contributed by atoms with Crippen LogP contribution in [0.2, 0.25) is 0 Å². The minimum atomic E-state index is -0.680. The van der Waals surface area contributed by atoms with Crippen molar-refractivity contribution >= 4 is 146 Å². The predicted molar refractivity (Wildman–Crippen MR) is 317 cm³/mol. The first-order valence-corrected chi connectivity index (χ1v) is 29.0. The van der Waals surface area contributed by atoms with Gasteiger partial charge in [-0.15, -0.1) is 0 Å². The van der Waals surface area contributed by atoms with Crippen molar-refractivity contribution in [3.05, 3.63) is 142 Å². The van der Waals surface area contributed by atoms with E-state index < -0.39 is 23.9 Å². The number of unbranched alkanes of at least 4 members (excludes halogenated alkanes) is 4. The van der Waals surface area contributed by atoms with Gasteiger partial charge < -0.3 is 29.2 Å². The molecule has 18 heteroatoms. The van der Waals surface area contributed by atoms with Crippen molar-refractivity contribution in [1.82, 2.24) is 9.80 Å². The van der Waals surface area contributed by atoms with Crippen molar-refractivity contribution in [3.8, 4) is 0 Å². The number of aliphatic hydroxyl groups excluding tert-OH is 2. The van der Waals surface area contributed by atoms with Gasteiger partial charge in [0.1, 0.15) is 0 Å². The van der Waals surface area contributed by atoms with E-state index in [4.69, 9.17) is 29.2 Å². The molecule has 0 bridgehead atoms. The first-order chi connectivity index (χ1) is 41.8. The van der Waals surface area contributed by atoms with Gasteiger partial charge in [0.2, 0.25) is 0 Å². The van der Waals surface area contributed by atoms with Gasteiger partial charge in [-0.1, -0.05) is 55.0 Å². The summed E-state index contributed by atoms with van der Waals surface area (Å²) in [6, 6.07) is 28.4. The summed E-state index contributed by atoms with van der Waals surface area (Å²) >= 11 is 0. The summed E-state index contributed by atoms with van der Waals surface area (Å²) < 4.78 is 19.9.